The van der Waals surface area contributed by atoms with Crippen molar-refractivity contribution >= 4 is 39.0 Å². The third-order valence-electron chi connectivity index (χ3n) is 7.50. The zero-order valence-corrected chi connectivity index (χ0v) is 23.7. The van der Waals surface area contributed by atoms with Crippen LogP contribution >= 0.6 is 11.6 Å². The largest absolute Gasteiger partial charge is 0.486 e. The molecule has 2 heterocycles. The molecule has 0 bridgehead atoms. The van der Waals surface area contributed by atoms with Crippen LogP contribution in [0.2, 0.25) is 5.02 Å². The highest BCUT2D eigenvalue weighted by Crippen LogP contribution is 2.43. The van der Waals surface area contributed by atoms with Gasteiger partial charge in [-0.05, 0) is 67.8 Å². The van der Waals surface area contributed by atoms with Crippen molar-refractivity contribution in [3.63, 3.8) is 0 Å². The van der Waals surface area contributed by atoms with E-state index in [1.165, 1.54) is 12.1 Å². The van der Waals surface area contributed by atoms with E-state index in [4.69, 9.17) is 21.4 Å². The summed E-state index contributed by atoms with van der Waals surface area (Å²) in [4.78, 5) is 12.6. The van der Waals surface area contributed by atoms with Crippen molar-refractivity contribution in [2.75, 3.05) is 28.8 Å². The SMILES string of the molecule is O=C(O)CCC1CN(S(=O)(=O)c2cccc(C(F)(F)F)c2)c2cc(N3CCCC(c4c(F)cccc4Cl)C3)ccc2O1. The van der Waals surface area contributed by atoms with Gasteiger partial charge >= 0.3 is 12.1 Å². The summed E-state index contributed by atoms with van der Waals surface area (Å²) in [5.41, 5.74) is 0.0323. The van der Waals surface area contributed by atoms with Gasteiger partial charge in [-0.1, -0.05) is 23.7 Å². The number of fused-ring (bicyclic) bond motifs is 1. The number of rotatable bonds is 7. The summed E-state index contributed by atoms with van der Waals surface area (Å²) >= 11 is 6.32. The Morgan fingerprint density at radius 1 is 1.07 bits per heavy atom. The second-order valence-electron chi connectivity index (χ2n) is 10.3. The Morgan fingerprint density at radius 2 is 1.83 bits per heavy atom. The van der Waals surface area contributed by atoms with Crippen LogP contribution in [0.25, 0.3) is 0 Å². The topological polar surface area (TPSA) is 87.2 Å². The van der Waals surface area contributed by atoms with Crippen LogP contribution in [-0.2, 0) is 21.0 Å². The predicted molar refractivity (Wildman–Crippen MR) is 149 cm³/mol. The fourth-order valence-electron chi connectivity index (χ4n) is 5.47. The van der Waals surface area contributed by atoms with Crippen molar-refractivity contribution in [1.82, 2.24) is 0 Å². The van der Waals surface area contributed by atoms with Crippen LogP contribution in [0.5, 0.6) is 5.75 Å². The van der Waals surface area contributed by atoms with Gasteiger partial charge in [0, 0.05) is 41.7 Å². The smallest absolute Gasteiger partial charge is 0.416 e. The van der Waals surface area contributed by atoms with E-state index in [-0.39, 0.29) is 36.7 Å². The first-order valence-electron chi connectivity index (χ1n) is 13.3. The molecule has 0 aliphatic carbocycles. The number of halogens is 5. The van der Waals surface area contributed by atoms with E-state index in [9.17, 15) is 30.8 Å². The highest BCUT2D eigenvalue weighted by atomic mass is 35.5. The summed E-state index contributed by atoms with van der Waals surface area (Å²) in [6.45, 7) is 0.710. The number of sulfonamides is 1. The molecule has 2 atom stereocenters. The molecule has 0 amide bonds. The molecule has 3 aromatic rings. The summed E-state index contributed by atoms with van der Waals surface area (Å²) in [6, 6.07) is 12.9. The van der Waals surface area contributed by atoms with Crippen LogP contribution in [0, 0.1) is 5.82 Å². The minimum atomic E-state index is -4.75. The van der Waals surface area contributed by atoms with E-state index in [2.05, 4.69) is 0 Å². The number of hydrogen-bond acceptors (Lipinski definition) is 5. The summed E-state index contributed by atoms with van der Waals surface area (Å²) in [7, 11) is -4.52. The molecule has 224 valence electrons. The molecule has 2 unspecified atom stereocenters. The molecule has 7 nitrogen and oxygen atoms in total. The monoisotopic (exact) mass is 626 g/mol. The van der Waals surface area contributed by atoms with Crippen LogP contribution in [0.4, 0.5) is 28.9 Å². The van der Waals surface area contributed by atoms with Gasteiger partial charge in [0.05, 0.1) is 22.7 Å². The molecule has 2 aliphatic heterocycles. The Hall–Kier alpha value is -3.51. The molecule has 0 spiro atoms. The number of carboxylic acid groups (broad SMARTS) is 1. The number of carboxylic acids is 1. The molecule has 0 radical (unpaired) electrons. The first-order valence-corrected chi connectivity index (χ1v) is 15.1. The van der Waals surface area contributed by atoms with Crippen LogP contribution in [0.3, 0.4) is 0 Å². The maximum absolute atomic E-state index is 14.7. The summed E-state index contributed by atoms with van der Waals surface area (Å²) < 4.78 is 89.5. The normalized spacial score (nSPS) is 19.3. The molecule has 1 fully saturated rings. The van der Waals surface area contributed by atoms with Crippen LogP contribution in [0.15, 0.2) is 65.6 Å². The van der Waals surface area contributed by atoms with Crippen molar-refractivity contribution in [2.24, 2.45) is 0 Å². The average molecular weight is 627 g/mol. The molecule has 42 heavy (non-hydrogen) atoms. The Kier molecular flexibility index (Phi) is 8.30. The number of nitrogens with zero attached hydrogens (tertiary/aromatic N) is 2. The van der Waals surface area contributed by atoms with Gasteiger partial charge in [-0.3, -0.25) is 9.10 Å². The minimum absolute atomic E-state index is 0.0116. The number of hydrogen-bond donors (Lipinski definition) is 1. The maximum Gasteiger partial charge on any atom is 0.416 e. The number of ether oxygens (including phenoxy) is 1. The first-order chi connectivity index (χ1) is 19.8. The minimum Gasteiger partial charge on any atom is -0.486 e. The van der Waals surface area contributed by atoms with E-state index >= 15 is 0 Å². The maximum atomic E-state index is 14.7. The van der Waals surface area contributed by atoms with E-state index in [1.54, 1.807) is 24.3 Å². The Labute approximate surface area is 245 Å². The molecule has 13 heteroatoms. The molecule has 2 aliphatic rings. The third kappa shape index (κ3) is 6.14. The second kappa shape index (κ2) is 11.6. The van der Waals surface area contributed by atoms with Gasteiger partial charge in [0.2, 0.25) is 0 Å². The Morgan fingerprint density at radius 3 is 2.55 bits per heavy atom. The van der Waals surface area contributed by atoms with Crippen LogP contribution in [0.1, 0.15) is 42.7 Å². The van der Waals surface area contributed by atoms with Gasteiger partial charge in [0.15, 0.2) is 0 Å². The number of alkyl halides is 3. The number of anilines is 2. The summed E-state index contributed by atoms with van der Waals surface area (Å²) in [5, 5.41) is 9.46. The van der Waals surface area contributed by atoms with Crippen molar-refractivity contribution < 1.29 is 40.6 Å². The Bertz CT molecular complexity index is 1580. The molecule has 5 rings (SSSR count). The number of benzene rings is 3. The molecule has 1 saturated heterocycles. The van der Waals surface area contributed by atoms with E-state index in [0.29, 0.717) is 48.3 Å². The van der Waals surface area contributed by atoms with E-state index in [0.717, 1.165) is 22.5 Å². The number of aliphatic carboxylic acids is 1. The standard InChI is InChI=1S/C29H27ClF4N2O5S/c30-23-7-2-8-24(31)28(23)18-4-3-13-35(16-18)20-9-11-26-25(15-20)36(17-21(41-26)10-12-27(37)38)42(39,40)22-6-1-5-19(14-22)29(32,33)34/h1-2,5-9,11,14-15,18,21H,3-4,10,12-13,16-17H2,(H,37,38). The van der Waals surface area contributed by atoms with Crippen molar-refractivity contribution in [1.29, 1.82) is 0 Å². The van der Waals surface area contributed by atoms with Gasteiger partial charge in [0.1, 0.15) is 17.7 Å². The first kappa shape index (κ1) is 30.0. The molecular formula is C29H27ClF4N2O5S. The average Bonchev–Trinajstić information content (AvgIpc) is 2.95. The van der Waals surface area contributed by atoms with E-state index in [1.807, 2.05) is 4.90 Å². The predicted octanol–water partition coefficient (Wildman–Crippen LogP) is 6.70. The fraction of sp³-hybridized carbons (Fsp3) is 0.345. The third-order valence-corrected chi connectivity index (χ3v) is 9.60. The molecule has 3 aromatic carbocycles. The van der Waals surface area contributed by atoms with Gasteiger partial charge in [-0.25, -0.2) is 12.8 Å². The van der Waals surface area contributed by atoms with Gasteiger partial charge in [0.25, 0.3) is 10.0 Å². The second-order valence-corrected chi connectivity index (χ2v) is 12.6. The van der Waals surface area contributed by atoms with E-state index < -0.39 is 44.5 Å². The quantitative estimate of drug-likeness (QED) is 0.294. The number of piperidine rings is 1. The molecular weight excluding hydrogens is 600 g/mol. The number of carbonyl (C=O) groups is 1. The van der Waals surface area contributed by atoms with Crippen molar-refractivity contribution in [3.05, 3.63) is 82.6 Å². The Balaban J connectivity index is 1.52. The van der Waals surface area contributed by atoms with Crippen LogP contribution in [-0.4, -0.2) is 45.2 Å². The fourth-order valence-corrected chi connectivity index (χ4v) is 7.33. The zero-order chi connectivity index (χ0) is 30.2. The van der Waals surface area contributed by atoms with Crippen molar-refractivity contribution in [2.45, 2.75) is 48.8 Å². The van der Waals surface area contributed by atoms with Crippen molar-refractivity contribution in [3.8, 4) is 5.75 Å². The molecule has 1 N–H and O–H groups in total. The molecule has 0 aromatic heterocycles. The van der Waals surface area contributed by atoms with Gasteiger partial charge in [-0.2, -0.15) is 13.2 Å². The summed E-state index contributed by atoms with van der Waals surface area (Å²) in [5.74, 6) is -1.56. The summed E-state index contributed by atoms with van der Waals surface area (Å²) in [6.07, 6.45) is -4.48. The highest BCUT2D eigenvalue weighted by molar-refractivity contribution is 7.92. The lowest BCUT2D eigenvalue weighted by atomic mass is 9.90. The van der Waals surface area contributed by atoms with Crippen LogP contribution < -0.4 is 13.9 Å². The van der Waals surface area contributed by atoms with Gasteiger partial charge in [-0.15, -0.1) is 0 Å². The lowest BCUT2D eigenvalue weighted by Gasteiger charge is -2.38. The zero-order valence-electron chi connectivity index (χ0n) is 22.2. The van der Waals surface area contributed by atoms with Gasteiger partial charge < -0.3 is 14.7 Å². The lowest BCUT2D eigenvalue weighted by molar-refractivity contribution is -0.138. The highest BCUT2D eigenvalue weighted by Gasteiger charge is 2.38. The molecule has 0 saturated carbocycles. The lowest BCUT2D eigenvalue weighted by Crippen LogP contribution is -2.44.